The maximum absolute atomic E-state index is 15.2. The van der Waals surface area contributed by atoms with Crippen molar-refractivity contribution in [2.75, 3.05) is 23.5 Å². The van der Waals surface area contributed by atoms with Gasteiger partial charge in [-0.05, 0) is 70.8 Å². The van der Waals surface area contributed by atoms with Crippen LogP contribution in [-0.4, -0.2) is 51.7 Å². The van der Waals surface area contributed by atoms with Crippen LogP contribution >= 0.6 is 0 Å². The van der Waals surface area contributed by atoms with Crippen LogP contribution < -0.4 is 14.5 Å². The molecule has 1 aromatic heterocycles. The van der Waals surface area contributed by atoms with E-state index in [-0.39, 0.29) is 41.8 Å². The van der Waals surface area contributed by atoms with E-state index in [9.17, 15) is 9.90 Å². The molecule has 0 bridgehead atoms. The van der Waals surface area contributed by atoms with Crippen LogP contribution in [0, 0.1) is 11.8 Å². The lowest BCUT2D eigenvalue weighted by Gasteiger charge is -2.38. The largest absolute Gasteiger partial charge is 0.497 e. The van der Waals surface area contributed by atoms with E-state index < -0.39 is 5.60 Å². The Kier molecular flexibility index (Phi) is 8.78. The van der Waals surface area contributed by atoms with Gasteiger partial charge in [0.1, 0.15) is 5.75 Å². The Morgan fingerprint density at radius 2 is 1.62 bits per heavy atom. The first kappa shape index (κ1) is 35.8. The van der Waals surface area contributed by atoms with E-state index in [1.54, 1.807) is 16.7 Å². The molecule has 10 nitrogen and oxygen atoms in total. The zero-order valence-electron chi connectivity index (χ0n) is 32.1. The van der Waals surface area contributed by atoms with Crippen molar-refractivity contribution >= 4 is 39.6 Å². The number of aryl methyl sites for hydroxylation is 1. The summed E-state index contributed by atoms with van der Waals surface area (Å²) in [6, 6.07) is 36.0. The minimum Gasteiger partial charge on any atom is -0.497 e. The summed E-state index contributed by atoms with van der Waals surface area (Å²) in [6.07, 6.45) is 2.63. The topological polar surface area (TPSA) is 110 Å². The predicted molar refractivity (Wildman–Crippen MR) is 215 cm³/mol. The van der Waals surface area contributed by atoms with Crippen LogP contribution in [0.5, 0.6) is 5.75 Å². The highest BCUT2D eigenvalue weighted by molar-refractivity contribution is 6.27. The Hall–Kier alpha value is -5.84. The van der Waals surface area contributed by atoms with Crippen LogP contribution in [0.4, 0.5) is 17.1 Å². The Bertz CT molecular complexity index is 2450. The first-order chi connectivity index (χ1) is 27.1. The van der Waals surface area contributed by atoms with Crippen LogP contribution in [0.3, 0.4) is 0 Å². The second-order valence-corrected chi connectivity index (χ2v) is 15.8. The highest BCUT2D eigenvalue weighted by Gasteiger charge is 2.65. The average molecular weight is 748 g/mol. The monoisotopic (exact) mass is 747 g/mol. The molecule has 10 heteroatoms. The van der Waals surface area contributed by atoms with E-state index in [0.29, 0.717) is 31.5 Å². The molecule has 56 heavy (non-hydrogen) atoms. The number of ether oxygens (including phenoxy) is 2. The van der Waals surface area contributed by atoms with Gasteiger partial charge in [0.2, 0.25) is 0 Å². The number of para-hydroxylation sites is 1. The van der Waals surface area contributed by atoms with E-state index in [0.717, 1.165) is 56.0 Å². The fraction of sp³-hybridized carbons (Fsp3) is 0.304. The summed E-state index contributed by atoms with van der Waals surface area (Å²) in [6.45, 7) is 7.56. The Balaban J connectivity index is 1.04. The highest BCUT2D eigenvalue weighted by atomic mass is 16.5. The zero-order chi connectivity index (χ0) is 38.8. The summed E-state index contributed by atoms with van der Waals surface area (Å²) in [5.41, 5.74) is 5.31. The van der Waals surface area contributed by atoms with Crippen LogP contribution in [0.2, 0.25) is 0 Å². The fourth-order valence-corrected chi connectivity index (χ4v) is 9.74. The Morgan fingerprint density at radius 3 is 2.38 bits per heavy atom. The Labute approximate surface area is 326 Å². The molecule has 1 N–H and O–H groups in total. The minimum absolute atomic E-state index is 0.00845. The molecule has 284 valence electrons. The number of aliphatic hydroxyl groups is 1. The van der Waals surface area contributed by atoms with Gasteiger partial charge in [0.25, 0.3) is 11.8 Å². The summed E-state index contributed by atoms with van der Waals surface area (Å²) in [4.78, 5) is 32.5. The molecule has 5 aromatic carbocycles. The van der Waals surface area contributed by atoms with Crippen LogP contribution in [0.25, 0.3) is 10.8 Å². The molecular formula is C46H45N5O5. The highest BCUT2D eigenvalue weighted by Crippen LogP contribution is 2.60. The van der Waals surface area contributed by atoms with Crippen molar-refractivity contribution in [3.8, 4) is 5.75 Å². The molecule has 0 saturated carbocycles. The SMILES string of the molecule is COc1ccc(C(C)(C)[C@H]2[C@H](CCn3cc(CCO)nn3)O[C@@]3(C(=O)N(Cc4ccc(N5C(=O)c6cccc7cccc5c67)cc4)c4ccccc43)[C@@H]2C)cc1. The van der Waals surface area contributed by atoms with E-state index in [4.69, 9.17) is 9.47 Å². The fourth-order valence-electron chi connectivity index (χ4n) is 9.74. The minimum atomic E-state index is -1.20. The van der Waals surface area contributed by atoms with E-state index in [1.807, 2.05) is 108 Å². The van der Waals surface area contributed by atoms with Gasteiger partial charge in [-0.1, -0.05) is 92.7 Å². The summed E-state index contributed by atoms with van der Waals surface area (Å²) >= 11 is 0. The number of benzene rings is 5. The van der Waals surface area contributed by atoms with Crippen molar-refractivity contribution in [3.05, 3.63) is 143 Å². The van der Waals surface area contributed by atoms with E-state index in [2.05, 4.69) is 43.2 Å². The molecule has 0 unspecified atom stereocenters. The van der Waals surface area contributed by atoms with Crippen molar-refractivity contribution in [2.45, 2.75) is 63.8 Å². The number of aromatic nitrogens is 3. The summed E-state index contributed by atoms with van der Waals surface area (Å²) in [5, 5.41) is 20.0. The summed E-state index contributed by atoms with van der Waals surface area (Å²) < 4.78 is 14.6. The number of fused-ring (bicyclic) bond motifs is 2. The molecule has 4 atom stereocenters. The molecule has 4 heterocycles. The first-order valence-corrected chi connectivity index (χ1v) is 19.3. The zero-order valence-corrected chi connectivity index (χ0v) is 32.1. The number of anilines is 3. The van der Waals surface area contributed by atoms with Gasteiger partial charge in [0.05, 0.1) is 42.4 Å². The van der Waals surface area contributed by atoms with Crippen molar-refractivity contribution in [2.24, 2.45) is 11.8 Å². The molecule has 0 radical (unpaired) electrons. The number of methoxy groups -OCH3 is 1. The van der Waals surface area contributed by atoms with Crippen LogP contribution in [0.15, 0.2) is 115 Å². The third-order valence-electron chi connectivity index (χ3n) is 12.4. The standard InChI is InChI=1S/C46H45N5O5/c1-29-42(45(2,3)32-17-21-35(55-4)22-18-32)40(23-25-49-28-33(24-26-52)47-48-49)56-46(29)37-12-5-6-13-38(37)50(44(46)54)27-30-15-19-34(20-16-30)51-39-14-8-10-31-9-7-11-36(41(31)39)43(51)53/h5-22,28-29,40,42,52H,23-27H2,1-4H3/t29-,40+,42-,46+/m1/s1. The predicted octanol–water partition coefficient (Wildman–Crippen LogP) is 7.73. The smallest absolute Gasteiger partial charge is 0.264 e. The van der Waals surface area contributed by atoms with Gasteiger partial charge in [-0.25, -0.2) is 0 Å². The molecule has 3 aliphatic rings. The molecule has 1 spiro atoms. The first-order valence-electron chi connectivity index (χ1n) is 19.3. The van der Waals surface area contributed by atoms with Crippen molar-refractivity contribution in [3.63, 3.8) is 0 Å². The number of hydrogen-bond acceptors (Lipinski definition) is 7. The number of carbonyl (C=O) groups is 2. The van der Waals surface area contributed by atoms with Gasteiger partial charge in [0.15, 0.2) is 5.60 Å². The molecule has 9 rings (SSSR count). The van der Waals surface area contributed by atoms with Gasteiger partial charge in [0, 0.05) is 54.2 Å². The second kappa shape index (κ2) is 13.7. The molecule has 2 amide bonds. The second-order valence-electron chi connectivity index (χ2n) is 15.8. The number of aliphatic hydroxyl groups excluding tert-OH is 1. The van der Waals surface area contributed by atoms with Crippen LogP contribution in [0.1, 0.15) is 59.9 Å². The molecular weight excluding hydrogens is 703 g/mol. The van der Waals surface area contributed by atoms with Gasteiger partial charge >= 0.3 is 0 Å². The van der Waals surface area contributed by atoms with Gasteiger partial charge in [-0.2, -0.15) is 0 Å². The lowest BCUT2D eigenvalue weighted by molar-refractivity contribution is -0.146. The molecule has 0 aliphatic carbocycles. The lowest BCUT2D eigenvalue weighted by atomic mass is 9.63. The third-order valence-corrected chi connectivity index (χ3v) is 12.4. The number of rotatable bonds is 11. The molecule has 1 fully saturated rings. The summed E-state index contributed by atoms with van der Waals surface area (Å²) in [5.74, 6) is 0.418. The molecule has 1 saturated heterocycles. The van der Waals surface area contributed by atoms with E-state index in [1.165, 1.54) is 0 Å². The van der Waals surface area contributed by atoms with Crippen LogP contribution in [-0.2, 0) is 40.1 Å². The normalized spacial score (nSPS) is 21.5. The van der Waals surface area contributed by atoms with Gasteiger partial charge < -0.3 is 19.5 Å². The molecule has 6 aromatic rings. The quantitative estimate of drug-likeness (QED) is 0.145. The molecule has 3 aliphatic heterocycles. The number of carbonyl (C=O) groups excluding carboxylic acids is 2. The number of amides is 2. The van der Waals surface area contributed by atoms with Gasteiger partial charge in [-0.3, -0.25) is 19.2 Å². The number of nitrogens with zero attached hydrogens (tertiary/aromatic N) is 5. The van der Waals surface area contributed by atoms with Crippen molar-refractivity contribution in [1.29, 1.82) is 0 Å². The van der Waals surface area contributed by atoms with Gasteiger partial charge in [-0.15, -0.1) is 5.10 Å². The third kappa shape index (κ3) is 5.53. The van der Waals surface area contributed by atoms with Crippen molar-refractivity contribution < 1.29 is 24.2 Å². The maximum atomic E-state index is 15.2. The Morgan fingerprint density at radius 1 is 0.893 bits per heavy atom. The van der Waals surface area contributed by atoms with E-state index >= 15 is 4.79 Å². The lowest BCUT2D eigenvalue weighted by Crippen LogP contribution is -2.45. The van der Waals surface area contributed by atoms with Crippen molar-refractivity contribution in [1.82, 2.24) is 15.0 Å². The number of hydrogen-bond donors (Lipinski definition) is 1. The maximum Gasteiger partial charge on any atom is 0.264 e. The average Bonchev–Trinajstić information content (AvgIpc) is 3.94. The summed E-state index contributed by atoms with van der Waals surface area (Å²) in [7, 11) is 1.67.